The van der Waals surface area contributed by atoms with Crippen molar-refractivity contribution in [1.29, 1.82) is 0 Å². The number of aliphatic imine (C=N–C) groups is 1. The average Bonchev–Trinajstić information content (AvgIpc) is 2.91. The fourth-order valence-electron chi connectivity index (χ4n) is 3.18. The molecular formula is C17H19N5OS. The van der Waals surface area contributed by atoms with Gasteiger partial charge in [-0.1, -0.05) is 12.1 Å². The van der Waals surface area contributed by atoms with Crippen molar-refractivity contribution in [2.24, 2.45) is 10.3 Å². The molecule has 24 heavy (non-hydrogen) atoms. The first-order valence-corrected chi connectivity index (χ1v) is 8.84. The number of aryl methyl sites for hydroxylation is 1. The van der Waals surface area contributed by atoms with E-state index in [2.05, 4.69) is 35.1 Å². The molecule has 3 heterocycles. The number of benzene rings is 1. The summed E-state index contributed by atoms with van der Waals surface area (Å²) in [5.41, 5.74) is 2.52. The Labute approximate surface area is 145 Å². The smallest absolute Gasteiger partial charge is 0.139 e. The molecule has 2 aliphatic rings. The van der Waals surface area contributed by atoms with Crippen molar-refractivity contribution < 1.29 is 0 Å². The molecule has 7 heteroatoms. The van der Waals surface area contributed by atoms with Gasteiger partial charge in [-0.15, -0.1) is 16.2 Å². The van der Waals surface area contributed by atoms with Crippen LogP contribution in [0.2, 0.25) is 0 Å². The normalized spacial score (nSPS) is 17.8. The van der Waals surface area contributed by atoms with Crippen molar-refractivity contribution in [3.8, 4) is 0 Å². The van der Waals surface area contributed by atoms with E-state index >= 15 is 0 Å². The van der Waals surface area contributed by atoms with Gasteiger partial charge in [0.1, 0.15) is 10.8 Å². The largest absolute Gasteiger partial charge is 0.353 e. The first-order chi connectivity index (χ1) is 11.7. The molecule has 0 radical (unpaired) electrons. The number of anilines is 2. The van der Waals surface area contributed by atoms with E-state index in [4.69, 9.17) is 4.99 Å². The van der Waals surface area contributed by atoms with Crippen LogP contribution >= 0.6 is 11.3 Å². The second-order valence-corrected chi connectivity index (χ2v) is 7.42. The topological polar surface area (TPSA) is 51.5 Å². The molecule has 1 aromatic carbocycles. The highest BCUT2D eigenvalue weighted by atomic mass is 32.1. The van der Waals surface area contributed by atoms with E-state index in [0.29, 0.717) is 0 Å². The Hall–Kier alpha value is -2.25. The fourth-order valence-corrected chi connectivity index (χ4v) is 4.14. The van der Waals surface area contributed by atoms with Gasteiger partial charge in [-0.3, -0.25) is 0 Å². The predicted molar refractivity (Wildman–Crippen MR) is 98.7 cm³/mol. The summed E-state index contributed by atoms with van der Waals surface area (Å²) in [6.45, 7) is 5.93. The Morgan fingerprint density at radius 3 is 2.67 bits per heavy atom. The maximum atomic E-state index is 11.6. The van der Waals surface area contributed by atoms with Crippen LogP contribution in [0.5, 0.6) is 0 Å². The van der Waals surface area contributed by atoms with E-state index in [1.54, 1.807) is 11.3 Å². The number of fused-ring (bicyclic) bond motifs is 2. The predicted octanol–water partition coefficient (Wildman–Crippen LogP) is 3.52. The van der Waals surface area contributed by atoms with Gasteiger partial charge in [-0.25, -0.2) is 4.99 Å². The number of thiophene rings is 1. The quantitative estimate of drug-likeness (QED) is 0.745. The Morgan fingerprint density at radius 1 is 1.17 bits per heavy atom. The second kappa shape index (κ2) is 5.99. The third-order valence-electron chi connectivity index (χ3n) is 4.49. The maximum Gasteiger partial charge on any atom is 0.139 e. The second-order valence-electron chi connectivity index (χ2n) is 6.18. The third-order valence-corrected chi connectivity index (χ3v) is 5.52. The monoisotopic (exact) mass is 341 g/mol. The summed E-state index contributed by atoms with van der Waals surface area (Å²) < 4.78 is 0. The van der Waals surface area contributed by atoms with Gasteiger partial charge in [-0.2, -0.15) is 5.01 Å². The maximum absolute atomic E-state index is 11.6. The molecule has 0 bridgehead atoms. The summed E-state index contributed by atoms with van der Waals surface area (Å²) in [4.78, 5) is 22.3. The van der Waals surface area contributed by atoms with Crippen LogP contribution in [0.1, 0.15) is 10.4 Å². The van der Waals surface area contributed by atoms with Crippen LogP contribution in [0.25, 0.3) is 0 Å². The van der Waals surface area contributed by atoms with Gasteiger partial charge in [0.25, 0.3) is 0 Å². The molecule has 2 aliphatic heterocycles. The summed E-state index contributed by atoms with van der Waals surface area (Å²) in [5.74, 6) is 0.945. The highest BCUT2D eigenvalue weighted by Gasteiger charge is 2.29. The summed E-state index contributed by atoms with van der Waals surface area (Å²) in [6, 6.07) is 9.80. The van der Waals surface area contributed by atoms with E-state index in [0.717, 1.165) is 58.8 Å². The lowest BCUT2D eigenvalue weighted by Crippen LogP contribution is -2.47. The van der Waals surface area contributed by atoms with Gasteiger partial charge in [0, 0.05) is 31.1 Å². The van der Waals surface area contributed by atoms with Crippen LogP contribution in [0.15, 0.2) is 40.6 Å². The van der Waals surface area contributed by atoms with Gasteiger partial charge in [-0.05, 0) is 32.2 Å². The Kier molecular flexibility index (Phi) is 3.82. The summed E-state index contributed by atoms with van der Waals surface area (Å²) in [5, 5.41) is 5.62. The zero-order chi connectivity index (χ0) is 16.7. The molecule has 0 aliphatic carbocycles. The van der Waals surface area contributed by atoms with Crippen molar-refractivity contribution >= 4 is 33.5 Å². The van der Waals surface area contributed by atoms with E-state index in [9.17, 15) is 4.91 Å². The van der Waals surface area contributed by atoms with Gasteiger partial charge < -0.3 is 9.80 Å². The first-order valence-electron chi connectivity index (χ1n) is 8.03. The Morgan fingerprint density at radius 2 is 1.92 bits per heavy atom. The fraction of sp³-hybridized carbons (Fsp3) is 0.353. The average molecular weight is 341 g/mol. The number of nitrogens with zero attached hydrogens (tertiary/aromatic N) is 5. The van der Waals surface area contributed by atoms with Crippen LogP contribution in [0.3, 0.4) is 0 Å². The molecular weight excluding hydrogens is 322 g/mol. The highest BCUT2D eigenvalue weighted by Crippen LogP contribution is 2.44. The van der Waals surface area contributed by atoms with Gasteiger partial charge in [0.2, 0.25) is 0 Å². The lowest BCUT2D eigenvalue weighted by Gasteiger charge is -2.34. The molecule has 1 aromatic heterocycles. The zero-order valence-corrected chi connectivity index (χ0v) is 14.6. The number of hydrogen-bond donors (Lipinski definition) is 0. The summed E-state index contributed by atoms with van der Waals surface area (Å²) in [7, 11) is 2.14. The van der Waals surface area contributed by atoms with Crippen molar-refractivity contribution in [2.45, 2.75) is 6.92 Å². The zero-order valence-electron chi connectivity index (χ0n) is 13.8. The minimum Gasteiger partial charge on any atom is -0.353 e. The van der Waals surface area contributed by atoms with Crippen LogP contribution in [-0.2, 0) is 0 Å². The number of hydrogen-bond acceptors (Lipinski definition) is 6. The van der Waals surface area contributed by atoms with E-state index in [-0.39, 0.29) is 0 Å². The standard InChI is InChI=1S/C17H19N5OS/c1-12-11-13-16(21-9-7-20(2)8-10-21)18-14-5-3-4-6-15(14)22(19-23)17(13)24-12/h3-6,11H,7-10H2,1-2H3. The van der Waals surface area contributed by atoms with Gasteiger partial charge in [0.15, 0.2) is 0 Å². The van der Waals surface area contributed by atoms with Crippen molar-refractivity contribution in [2.75, 3.05) is 38.2 Å². The lowest BCUT2D eigenvalue weighted by molar-refractivity contribution is 0.216. The number of likely N-dealkylation sites (N-methyl/N-ethyl adjacent to an activating group) is 1. The number of rotatable bonds is 1. The highest BCUT2D eigenvalue weighted by molar-refractivity contribution is 7.16. The summed E-state index contributed by atoms with van der Waals surface area (Å²) >= 11 is 1.58. The number of nitroso groups, excluding NO2 is 1. The molecule has 0 N–H and O–H groups in total. The molecule has 0 atom stereocenters. The molecule has 6 nitrogen and oxygen atoms in total. The molecule has 0 spiro atoms. The minimum atomic E-state index is 0.736. The first kappa shape index (κ1) is 15.3. The molecule has 1 fully saturated rings. The SMILES string of the molecule is Cc1cc2c(s1)N(N=O)c1ccccc1N=C2N1CCN(C)CC1. The molecule has 2 aromatic rings. The van der Waals surface area contributed by atoms with Gasteiger partial charge >= 0.3 is 0 Å². The van der Waals surface area contributed by atoms with Crippen LogP contribution in [-0.4, -0.2) is 48.9 Å². The Balaban J connectivity index is 1.88. The van der Waals surface area contributed by atoms with Crippen LogP contribution < -0.4 is 5.01 Å². The van der Waals surface area contributed by atoms with Gasteiger partial charge in [0.05, 0.1) is 22.2 Å². The molecule has 0 amide bonds. The van der Waals surface area contributed by atoms with E-state index in [1.165, 1.54) is 5.01 Å². The van der Waals surface area contributed by atoms with Crippen LogP contribution in [0.4, 0.5) is 16.4 Å². The van der Waals surface area contributed by atoms with Crippen LogP contribution in [0, 0.1) is 11.8 Å². The Bertz CT molecular complexity index is 807. The van der Waals surface area contributed by atoms with Crippen molar-refractivity contribution in [3.63, 3.8) is 0 Å². The van der Waals surface area contributed by atoms with Crippen molar-refractivity contribution in [1.82, 2.24) is 9.80 Å². The third kappa shape index (κ3) is 2.50. The molecule has 124 valence electrons. The minimum absolute atomic E-state index is 0.736. The number of piperazine rings is 1. The number of amidine groups is 1. The molecule has 0 unspecified atom stereocenters. The van der Waals surface area contributed by atoms with Crippen molar-refractivity contribution in [3.05, 3.63) is 45.7 Å². The summed E-state index contributed by atoms with van der Waals surface area (Å²) in [6.07, 6.45) is 0. The molecule has 1 saturated heterocycles. The van der Waals surface area contributed by atoms with E-state index < -0.39 is 0 Å². The molecule has 4 rings (SSSR count). The lowest BCUT2D eigenvalue weighted by atomic mass is 10.2. The molecule has 0 saturated carbocycles. The number of para-hydroxylation sites is 2. The van der Waals surface area contributed by atoms with E-state index in [1.807, 2.05) is 24.3 Å².